The molecular formula is C17H15ClO. The van der Waals surface area contributed by atoms with Crippen LogP contribution in [0.2, 0.25) is 0 Å². The molecule has 0 aliphatic heterocycles. The average Bonchev–Trinajstić information content (AvgIpc) is 2.86. The van der Waals surface area contributed by atoms with Gasteiger partial charge in [0.1, 0.15) is 11.5 Å². The Balaban J connectivity index is 1.93. The summed E-state index contributed by atoms with van der Waals surface area (Å²) < 4.78 is 5.60. The van der Waals surface area contributed by atoms with E-state index < -0.39 is 0 Å². The first-order chi connectivity index (χ1) is 9.24. The summed E-state index contributed by atoms with van der Waals surface area (Å²) in [7, 11) is 0. The van der Waals surface area contributed by atoms with Gasteiger partial charge < -0.3 is 4.42 Å². The van der Waals surface area contributed by atoms with Crippen LogP contribution in [0.5, 0.6) is 0 Å². The van der Waals surface area contributed by atoms with Gasteiger partial charge in [-0.25, -0.2) is 0 Å². The molecule has 2 aromatic carbocycles. The minimum atomic E-state index is -0.125. The first kappa shape index (κ1) is 12.3. The third-order valence-electron chi connectivity index (χ3n) is 3.35. The molecule has 0 fully saturated rings. The lowest BCUT2D eigenvalue weighted by molar-refractivity contribution is 0.477. The van der Waals surface area contributed by atoms with Gasteiger partial charge in [-0.1, -0.05) is 42.5 Å². The van der Waals surface area contributed by atoms with Gasteiger partial charge in [-0.05, 0) is 41.8 Å². The Morgan fingerprint density at radius 3 is 2.58 bits per heavy atom. The minimum Gasteiger partial charge on any atom is -0.465 e. The van der Waals surface area contributed by atoms with Gasteiger partial charge in [0.15, 0.2) is 0 Å². The Labute approximate surface area is 117 Å². The molecule has 1 nitrogen and oxygen atoms in total. The monoisotopic (exact) mass is 270 g/mol. The van der Waals surface area contributed by atoms with Gasteiger partial charge in [0.25, 0.3) is 0 Å². The number of furan rings is 1. The highest BCUT2D eigenvalue weighted by Crippen LogP contribution is 2.29. The normalized spacial score (nSPS) is 12.7. The van der Waals surface area contributed by atoms with Crippen LogP contribution < -0.4 is 0 Å². The minimum absolute atomic E-state index is 0.125. The Kier molecular flexibility index (Phi) is 3.31. The molecule has 3 rings (SSSR count). The van der Waals surface area contributed by atoms with Crippen molar-refractivity contribution in [2.75, 3.05) is 0 Å². The zero-order valence-electron chi connectivity index (χ0n) is 10.8. The van der Waals surface area contributed by atoms with E-state index >= 15 is 0 Å². The first-order valence-corrected chi connectivity index (χ1v) is 6.85. The van der Waals surface area contributed by atoms with Crippen molar-refractivity contribution in [2.45, 2.75) is 18.7 Å². The Hall–Kier alpha value is -1.73. The average molecular weight is 271 g/mol. The van der Waals surface area contributed by atoms with Crippen molar-refractivity contribution < 1.29 is 4.42 Å². The maximum Gasteiger partial charge on any atom is 0.122 e. The lowest BCUT2D eigenvalue weighted by Crippen LogP contribution is -1.95. The molecule has 0 aliphatic rings. The molecular weight excluding hydrogens is 256 g/mol. The molecule has 1 heterocycles. The fraction of sp³-hybridized carbons (Fsp3) is 0.176. The molecule has 0 radical (unpaired) electrons. The predicted octanol–water partition coefficient (Wildman–Crippen LogP) is 5.26. The topological polar surface area (TPSA) is 13.1 Å². The van der Waals surface area contributed by atoms with Crippen LogP contribution >= 0.6 is 11.6 Å². The van der Waals surface area contributed by atoms with E-state index in [0.29, 0.717) is 0 Å². The fourth-order valence-corrected chi connectivity index (χ4v) is 2.67. The lowest BCUT2D eigenvalue weighted by Gasteiger charge is -2.09. The number of rotatable bonds is 3. The standard InChI is InChI=1S/C17H15ClO/c1-12-9-10-17(19-12)16(18)11-14-7-4-6-13-5-2-3-8-15(13)14/h2-10,16H,11H2,1H3. The fourth-order valence-electron chi connectivity index (χ4n) is 2.39. The summed E-state index contributed by atoms with van der Waals surface area (Å²) in [6.07, 6.45) is 0.774. The molecule has 1 unspecified atom stereocenters. The summed E-state index contributed by atoms with van der Waals surface area (Å²) in [5, 5.41) is 2.39. The molecule has 0 aliphatic carbocycles. The summed E-state index contributed by atoms with van der Waals surface area (Å²) >= 11 is 6.46. The Morgan fingerprint density at radius 2 is 1.79 bits per heavy atom. The smallest absolute Gasteiger partial charge is 0.122 e. The molecule has 1 aromatic heterocycles. The van der Waals surface area contributed by atoms with Crippen LogP contribution in [0.3, 0.4) is 0 Å². The van der Waals surface area contributed by atoms with Gasteiger partial charge in [0, 0.05) is 0 Å². The Bertz CT molecular complexity index is 694. The van der Waals surface area contributed by atoms with E-state index in [-0.39, 0.29) is 5.38 Å². The largest absolute Gasteiger partial charge is 0.465 e. The highest BCUT2D eigenvalue weighted by Gasteiger charge is 2.14. The third kappa shape index (κ3) is 2.52. The van der Waals surface area contributed by atoms with Crippen LogP contribution in [0, 0.1) is 6.92 Å². The van der Waals surface area contributed by atoms with Crippen LogP contribution in [-0.4, -0.2) is 0 Å². The zero-order valence-corrected chi connectivity index (χ0v) is 11.5. The summed E-state index contributed by atoms with van der Waals surface area (Å²) in [6, 6.07) is 18.6. The first-order valence-electron chi connectivity index (χ1n) is 6.41. The molecule has 0 spiro atoms. The van der Waals surface area contributed by atoms with Gasteiger partial charge >= 0.3 is 0 Å². The maximum atomic E-state index is 6.46. The van der Waals surface area contributed by atoms with Crippen molar-refractivity contribution in [1.82, 2.24) is 0 Å². The highest BCUT2D eigenvalue weighted by atomic mass is 35.5. The lowest BCUT2D eigenvalue weighted by atomic mass is 10.0. The van der Waals surface area contributed by atoms with E-state index in [0.717, 1.165) is 17.9 Å². The van der Waals surface area contributed by atoms with E-state index in [1.54, 1.807) is 0 Å². The van der Waals surface area contributed by atoms with E-state index in [1.165, 1.54) is 16.3 Å². The van der Waals surface area contributed by atoms with Crippen molar-refractivity contribution in [1.29, 1.82) is 0 Å². The van der Waals surface area contributed by atoms with Gasteiger partial charge in [0.2, 0.25) is 0 Å². The molecule has 19 heavy (non-hydrogen) atoms. The zero-order chi connectivity index (χ0) is 13.2. The number of alkyl halides is 1. The second-order valence-electron chi connectivity index (χ2n) is 4.76. The summed E-state index contributed by atoms with van der Waals surface area (Å²) in [4.78, 5) is 0. The second-order valence-corrected chi connectivity index (χ2v) is 5.29. The van der Waals surface area contributed by atoms with E-state index in [2.05, 4.69) is 42.5 Å². The molecule has 0 amide bonds. The van der Waals surface area contributed by atoms with Crippen molar-refractivity contribution in [3.63, 3.8) is 0 Å². The van der Waals surface area contributed by atoms with E-state index in [9.17, 15) is 0 Å². The van der Waals surface area contributed by atoms with Gasteiger partial charge in [-0.15, -0.1) is 11.6 Å². The maximum absolute atomic E-state index is 6.46. The quantitative estimate of drug-likeness (QED) is 0.592. The van der Waals surface area contributed by atoms with Crippen molar-refractivity contribution >= 4 is 22.4 Å². The van der Waals surface area contributed by atoms with E-state index in [1.807, 2.05) is 19.1 Å². The van der Waals surface area contributed by atoms with Gasteiger partial charge in [0.05, 0.1) is 5.38 Å². The molecule has 0 N–H and O–H groups in total. The molecule has 0 saturated heterocycles. The number of hydrogen-bond acceptors (Lipinski definition) is 1. The van der Waals surface area contributed by atoms with Crippen LogP contribution in [0.25, 0.3) is 10.8 Å². The predicted molar refractivity (Wildman–Crippen MR) is 79.7 cm³/mol. The van der Waals surface area contributed by atoms with Crippen LogP contribution in [-0.2, 0) is 6.42 Å². The highest BCUT2D eigenvalue weighted by molar-refractivity contribution is 6.20. The van der Waals surface area contributed by atoms with Crippen LogP contribution in [0.15, 0.2) is 59.0 Å². The molecule has 1 atom stereocenters. The molecule has 0 bridgehead atoms. The van der Waals surface area contributed by atoms with Gasteiger partial charge in [-0.3, -0.25) is 0 Å². The van der Waals surface area contributed by atoms with Crippen LogP contribution in [0.4, 0.5) is 0 Å². The Morgan fingerprint density at radius 1 is 1.00 bits per heavy atom. The van der Waals surface area contributed by atoms with Crippen LogP contribution in [0.1, 0.15) is 22.5 Å². The number of halogens is 1. The number of aryl methyl sites for hydroxylation is 1. The number of fused-ring (bicyclic) bond motifs is 1. The van der Waals surface area contributed by atoms with Crippen molar-refractivity contribution in [2.24, 2.45) is 0 Å². The number of hydrogen-bond donors (Lipinski definition) is 0. The van der Waals surface area contributed by atoms with Crippen molar-refractivity contribution in [3.05, 3.63) is 71.7 Å². The molecule has 3 aromatic rings. The third-order valence-corrected chi connectivity index (χ3v) is 3.72. The second kappa shape index (κ2) is 5.10. The van der Waals surface area contributed by atoms with Gasteiger partial charge in [-0.2, -0.15) is 0 Å². The summed E-state index contributed by atoms with van der Waals surface area (Å²) in [5.41, 5.74) is 1.26. The van der Waals surface area contributed by atoms with E-state index in [4.69, 9.17) is 16.0 Å². The molecule has 96 valence electrons. The SMILES string of the molecule is Cc1ccc(C(Cl)Cc2cccc3ccccc23)o1. The summed E-state index contributed by atoms with van der Waals surface area (Å²) in [5.74, 6) is 1.74. The molecule has 0 saturated carbocycles. The summed E-state index contributed by atoms with van der Waals surface area (Å²) in [6.45, 7) is 1.94. The molecule has 2 heteroatoms. The van der Waals surface area contributed by atoms with Crippen molar-refractivity contribution in [3.8, 4) is 0 Å². The number of benzene rings is 2.